The van der Waals surface area contributed by atoms with Gasteiger partial charge in [-0.3, -0.25) is 4.79 Å². The maximum Gasteiger partial charge on any atom is 0.228 e. The first-order chi connectivity index (χ1) is 9.63. The van der Waals surface area contributed by atoms with E-state index in [9.17, 15) is 4.79 Å². The quantitative estimate of drug-likeness (QED) is 0.818. The molecule has 0 spiro atoms. The number of nitrogens with two attached hydrogens (primary N) is 1. The molecule has 0 unspecified atom stereocenters. The molecule has 0 aliphatic carbocycles. The third-order valence-electron chi connectivity index (χ3n) is 2.64. The van der Waals surface area contributed by atoms with E-state index in [0.717, 1.165) is 5.56 Å². The highest BCUT2D eigenvalue weighted by Crippen LogP contribution is 2.14. The zero-order valence-corrected chi connectivity index (χ0v) is 11.3. The maximum atomic E-state index is 11.7. The molecule has 3 N–H and O–H groups in total. The first kappa shape index (κ1) is 13.9. The molecule has 0 aliphatic heterocycles. The Morgan fingerprint density at radius 2 is 2.20 bits per heavy atom. The van der Waals surface area contributed by atoms with Crippen LogP contribution in [0.3, 0.4) is 0 Å². The SMILES string of the molecule is Cc1ccnc(NC(=O)CCOc2cccc(N)c2)c1. The molecular weight excluding hydrogens is 254 g/mol. The van der Waals surface area contributed by atoms with Crippen molar-refractivity contribution in [2.75, 3.05) is 17.7 Å². The maximum absolute atomic E-state index is 11.7. The molecule has 0 radical (unpaired) electrons. The van der Waals surface area contributed by atoms with Gasteiger partial charge in [0.05, 0.1) is 13.0 Å². The smallest absolute Gasteiger partial charge is 0.228 e. The molecule has 0 saturated heterocycles. The minimum atomic E-state index is -0.132. The number of carbonyl (C=O) groups excluding carboxylic acids is 1. The second-order valence-electron chi connectivity index (χ2n) is 4.44. The molecule has 5 heteroatoms. The number of hydrogen-bond donors (Lipinski definition) is 2. The summed E-state index contributed by atoms with van der Waals surface area (Å²) in [6, 6.07) is 10.8. The van der Waals surface area contributed by atoms with E-state index in [2.05, 4.69) is 10.3 Å². The van der Waals surface area contributed by atoms with E-state index in [1.54, 1.807) is 30.5 Å². The predicted molar refractivity (Wildman–Crippen MR) is 78.6 cm³/mol. The molecule has 0 aliphatic rings. The van der Waals surface area contributed by atoms with Crippen molar-refractivity contribution >= 4 is 17.4 Å². The molecule has 20 heavy (non-hydrogen) atoms. The van der Waals surface area contributed by atoms with E-state index in [-0.39, 0.29) is 12.3 Å². The van der Waals surface area contributed by atoms with Gasteiger partial charge in [-0.1, -0.05) is 6.07 Å². The van der Waals surface area contributed by atoms with Gasteiger partial charge >= 0.3 is 0 Å². The fourth-order valence-corrected chi connectivity index (χ4v) is 1.68. The summed E-state index contributed by atoms with van der Waals surface area (Å²) in [5.41, 5.74) is 7.32. The van der Waals surface area contributed by atoms with Crippen LogP contribution in [0.2, 0.25) is 0 Å². The normalized spacial score (nSPS) is 10.1. The second-order valence-corrected chi connectivity index (χ2v) is 4.44. The molecule has 1 aromatic heterocycles. The Morgan fingerprint density at radius 3 is 2.95 bits per heavy atom. The number of pyridine rings is 1. The third kappa shape index (κ3) is 4.28. The van der Waals surface area contributed by atoms with Gasteiger partial charge in [-0.15, -0.1) is 0 Å². The zero-order chi connectivity index (χ0) is 14.4. The first-order valence-corrected chi connectivity index (χ1v) is 6.34. The topological polar surface area (TPSA) is 77.2 Å². The number of hydrogen-bond acceptors (Lipinski definition) is 4. The molecule has 0 saturated carbocycles. The zero-order valence-electron chi connectivity index (χ0n) is 11.3. The molecule has 1 heterocycles. The van der Waals surface area contributed by atoms with Gasteiger partial charge < -0.3 is 15.8 Å². The summed E-state index contributed by atoms with van der Waals surface area (Å²) in [6.07, 6.45) is 1.92. The average molecular weight is 271 g/mol. The fourth-order valence-electron chi connectivity index (χ4n) is 1.68. The van der Waals surface area contributed by atoms with Crippen LogP contribution in [0.25, 0.3) is 0 Å². The Bertz CT molecular complexity index is 599. The van der Waals surface area contributed by atoms with Crippen LogP contribution in [0, 0.1) is 6.92 Å². The summed E-state index contributed by atoms with van der Waals surface area (Å²) in [5.74, 6) is 1.08. The van der Waals surface area contributed by atoms with Crippen LogP contribution in [0.4, 0.5) is 11.5 Å². The Morgan fingerprint density at radius 1 is 1.35 bits per heavy atom. The minimum absolute atomic E-state index is 0.132. The van der Waals surface area contributed by atoms with E-state index < -0.39 is 0 Å². The molecular formula is C15H17N3O2. The van der Waals surface area contributed by atoms with Crippen LogP contribution in [-0.4, -0.2) is 17.5 Å². The number of nitrogen functional groups attached to an aromatic ring is 1. The van der Waals surface area contributed by atoms with Crippen molar-refractivity contribution < 1.29 is 9.53 Å². The lowest BCUT2D eigenvalue weighted by molar-refractivity contribution is -0.116. The number of nitrogens with one attached hydrogen (secondary N) is 1. The van der Waals surface area contributed by atoms with Gasteiger partial charge in [0.15, 0.2) is 0 Å². The van der Waals surface area contributed by atoms with Crippen molar-refractivity contribution in [1.82, 2.24) is 4.98 Å². The summed E-state index contributed by atoms with van der Waals surface area (Å²) < 4.78 is 5.46. The Balaban J connectivity index is 1.78. The van der Waals surface area contributed by atoms with E-state index in [1.165, 1.54) is 0 Å². The molecule has 0 atom stereocenters. The summed E-state index contributed by atoms with van der Waals surface area (Å²) in [6.45, 7) is 2.24. The molecule has 0 bridgehead atoms. The molecule has 104 valence electrons. The number of ether oxygens (including phenoxy) is 1. The number of benzene rings is 1. The predicted octanol–water partition coefficient (Wildman–Crippen LogP) is 2.38. The van der Waals surface area contributed by atoms with Crippen molar-refractivity contribution in [3.8, 4) is 5.75 Å². The number of anilines is 2. The van der Waals surface area contributed by atoms with Crippen LogP contribution in [-0.2, 0) is 4.79 Å². The Kier molecular flexibility index (Phi) is 4.55. The summed E-state index contributed by atoms with van der Waals surface area (Å²) in [7, 11) is 0. The van der Waals surface area contributed by atoms with Gasteiger partial charge in [-0.2, -0.15) is 0 Å². The number of nitrogens with zero attached hydrogens (tertiary/aromatic N) is 1. The van der Waals surface area contributed by atoms with Crippen molar-refractivity contribution in [1.29, 1.82) is 0 Å². The highest BCUT2D eigenvalue weighted by atomic mass is 16.5. The van der Waals surface area contributed by atoms with Crippen LogP contribution >= 0.6 is 0 Å². The van der Waals surface area contributed by atoms with Gasteiger partial charge in [0, 0.05) is 18.0 Å². The van der Waals surface area contributed by atoms with Gasteiger partial charge in [-0.05, 0) is 36.8 Å². The Hall–Kier alpha value is -2.56. The lowest BCUT2D eigenvalue weighted by atomic mass is 10.3. The number of aromatic nitrogens is 1. The van der Waals surface area contributed by atoms with Gasteiger partial charge in [0.1, 0.15) is 11.6 Å². The summed E-state index contributed by atoms with van der Waals surface area (Å²) in [4.78, 5) is 15.8. The number of carbonyl (C=O) groups is 1. The van der Waals surface area contributed by atoms with E-state index >= 15 is 0 Å². The first-order valence-electron chi connectivity index (χ1n) is 6.34. The standard InChI is InChI=1S/C15H17N3O2/c1-11-5-7-17-14(9-11)18-15(19)6-8-20-13-4-2-3-12(16)10-13/h2-5,7,9-10H,6,8,16H2,1H3,(H,17,18,19). The lowest BCUT2D eigenvalue weighted by Crippen LogP contribution is -2.16. The van der Waals surface area contributed by atoms with Crippen LogP contribution in [0.1, 0.15) is 12.0 Å². The molecule has 1 aromatic carbocycles. The number of amides is 1. The van der Waals surface area contributed by atoms with Gasteiger partial charge in [0.25, 0.3) is 0 Å². The minimum Gasteiger partial charge on any atom is -0.493 e. The van der Waals surface area contributed by atoms with Crippen molar-refractivity contribution in [2.24, 2.45) is 0 Å². The molecule has 1 amide bonds. The molecule has 5 nitrogen and oxygen atoms in total. The summed E-state index contributed by atoms with van der Waals surface area (Å²) >= 11 is 0. The number of rotatable bonds is 5. The van der Waals surface area contributed by atoms with E-state index in [1.807, 2.05) is 19.1 Å². The van der Waals surface area contributed by atoms with Gasteiger partial charge in [0.2, 0.25) is 5.91 Å². The van der Waals surface area contributed by atoms with Crippen molar-refractivity contribution in [3.63, 3.8) is 0 Å². The number of aryl methyl sites for hydroxylation is 1. The van der Waals surface area contributed by atoms with Crippen LogP contribution in [0.15, 0.2) is 42.6 Å². The largest absolute Gasteiger partial charge is 0.493 e. The van der Waals surface area contributed by atoms with E-state index in [4.69, 9.17) is 10.5 Å². The lowest BCUT2D eigenvalue weighted by Gasteiger charge is -2.07. The highest BCUT2D eigenvalue weighted by Gasteiger charge is 2.04. The fraction of sp³-hybridized carbons (Fsp3) is 0.200. The van der Waals surface area contributed by atoms with Gasteiger partial charge in [-0.25, -0.2) is 4.98 Å². The monoisotopic (exact) mass is 271 g/mol. The van der Waals surface area contributed by atoms with E-state index in [0.29, 0.717) is 23.9 Å². The van der Waals surface area contributed by atoms with Crippen molar-refractivity contribution in [3.05, 3.63) is 48.2 Å². The summed E-state index contributed by atoms with van der Waals surface area (Å²) in [5, 5.41) is 2.73. The van der Waals surface area contributed by atoms with Crippen molar-refractivity contribution in [2.45, 2.75) is 13.3 Å². The highest BCUT2D eigenvalue weighted by molar-refractivity contribution is 5.89. The molecule has 2 aromatic rings. The third-order valence-corrected chi connectivity index (χ3v) is 2.64. The molecule has 0 fully saturated rings. The second kappa shape index (κ2) is 6.56. The van der Waals surface area contributed by atoms with Crippen LogP contribution < -0.4 is 15.8 Å². The Labute approximate surface area is 117 Å². The van der Waals surface area contributed by atoms with Crippen LogP contribution in [0.5, 0.6) is 5.75 Å². The average Bonchev–Trinajstić information content (AvgIpc) is 2.38. The molecule has 2 rings (SSSR count).